The fourth-order valence-electron chi connectivity index (χ4n) is 4.78. The molecular weight excluding hydrogens is 526 g/mol. The smallest absolute Gasteiger partial charge is 0.407 e. The topological polar surface area (TPSA) is 143 Å². The molecule has 1 aliphatic carbocycles. The third-order valence-corrected chi connectivity index (χ3v) is 6.77. The number of benzene rings is 3. The van der Waals surface area contributed by atoms with E-state index in [0.717, 1.165) is 27.8 Å². The highest BCUT2D eigenvalue weighted by atomic mass is 16.6. The largest absolute Gasteiger partial charge is 0.480 e. The molecule has 4 rings (SSSR count). The Morgan fingerprint density at radius 2 is 1.39 bits per heavy atom. The van der Waals surface area contributed by atoms with Crippen LogP contribution in [0.2, 0.25) is 0 Å². The van der Waals surface area contributed by atoms with Crippen molar-refractivity contribution >= 4 is 24.1 Å². The fraction of sp³-hybridized carbons (Fsp3) is 0.290. The van der Waals surface area contributed by atoms with Gasteiger partial charge in [0.2, 0.25) is 5.91 Å². The Labute approximate surface area is 238 Å². The van der Waals surface area contributed by atoms with Crippen LogP contribution in [-0.4, -0.2) is 54.9 Å². The zero-order valence-electron chi connectivity index (χ0n) is 22.5. The number of carbonyl (C=O) groups excluding carboxylic acids is 3. The molecule has 1 aliphatic rings. The van der Waals surface area contributed by atoms with E-state index >= 15 is 0 Å². The van der Waals surface area contributed by atoms with Crippen LogP contribution in [0.3, 0.4) is 0 Å². The molecule has 214 valence electrons. The molecule has 4 N–H and O–H groups in total. The molecule has 3 amide bonds. The normalized spacial score (nSPS) is 12.4. The van der Waals surface area contributed by atoms with Crippen molar-refractivity contribution in [3.05, 3.63) is 95.6 Å². The Kier molecular flexibility index (Phi) is 10.3. The van der Waals surface area contributed by atoms with Gasteiger partial charge < -0.3 is 30.5 Å². The summed E-state index contributed by atoms with van der Waals surface area (Å²) < 4.78 is 10.7. The van der Waals surface area contributed by atoms with Gasteiger partial charge in [-0.1, -0.05) is 78.9 Å². The lowest BCUT2D eigenvalue weighted by atomic mass is 9.98. The van der Waals surface area contributed by atoms with Crippen LogP contribution >= 0.6 is 0 Å². The van der Waals surface area contributed by atoms with Crippen molar-refractivity contribution in [2.24, 2.45) is 0 Å². The maximum atomic E-state index is 12.7. The second kappa shape index (κ2) is 14.5. The van der Waals surface area contributed by atoms with Gasteiger partial charge in [-0.15, -0.1) is 0 Å². The molecule has 3 aromatic carbocycles. The molecule has 0 bridgehead atoms. The lowest BCUT2D eigenvalue weighted by Gasteiger charge is -2.19. The third-order valence-electron chi connectivity index (χ3n) is 6.77. The van der Waals surface area contributed by atoms with E-state index in [1.807, 2.05) is 78.9 Å². The number of carboxylic acid groups (broad SMARTS) is 1. The first-order chi connectivity index (χ1) is 19.9. The van der Waals surface area contributed by atoms with Gasteiger partial charge in [-0.3, -0.25) is 9.59 Å². The van der Waals surface area contributed by atoms with E-state index in [4.69, 9.17) is 14.6 Å². The summed E-state index contributed by atoms with van der Waals surface area (Å²) in [4.78, 5) is 48.2. The number of amides is 3. The molecule has 1 atom stereocenters. The zero-order chi connectivity index (χ0) is 29.0. The molecule has 0 saturated carbocycles. The molecule has 0 spiro atoms. The molecular formula is C31H33N3O7. The molecule has 0 radical (unpaired) electrons. The molecule has 41 heavy (non-hydrogen) atoms. The molecule has 0 fully saturated rings. The monoisotopic (exact) mass is 559 g/mol. The van der Waals surface area contributed by atoms with Crippen molar-refractivity contribution in [1.29, 1.82) is 0 Å². The van der Waals surface area contributed by atoms with E-state index in [9.17, 15) is 19.2 Å². The minimum atomic E-state index is -1.20. The molecule has 0 aromatic heterocycles. The number of fused-ring (bicyclic) bond motifs is 3. The predicted octanol–water partition coefficient (Wildman–Crippen LogP) is 4.19. The van der Waals surface area contributed by atoms with Crippen molar-refractivity contribution in [1.82, 2.24) is 16.0 Å². The van der Waals surface area contributed by atoms with Crippen molar-refractivity contribution in [2.75, 3.05) is 19.7 Å². The number of alkyl carbamates (subject to hydrolysis) is 2. The standard InChI is InChI=1S/C31H33N3O7/c35-28(36)18-33-29(37)27(16-8-9-17-32-30(38)40-19-21-10-2-1-3-11-21)34-31(39)41-20-26-24-14-6-4-12-22(24)23-13-5-7-15-25(23)26/h1-7,10-15,26-27H,8-9,16-20H2,(H,32,38)(H,33,37)(H,34,39)(H,35,36)/t27-/m0/s1. The van der Waals surface area contributed by atoms with Crippen molar-refractivity contribution < 1.29 is 33.8 Å². The van der Waals surface area contributed by atoms with Gasteiger partial charge in [0.25, 0.3) is 0 Å². The number of nitrogens with one attached hydrogen (secondary N) is 3. The molecule has 0 saturated heterocycles. The summed E-state index contributed by atoms with van der Waals surface area (Å²) in [5, 5.41) is 16.5. The highest BCUT2D eigenvalue weighted by Gasteiger charge is 2.29. The highest BCUT2D eigenvalue weighted by Crippen LogP contribution is 2.44. The van der Waals surface area contributed by atoms with Crippen molar-refractivity contribution in [2.45, 2.75) is 37.8 Å². The first-order valence-corrected chi connectivity index (χ1v) is 13.5. The summed E-state index contributed by atoms with van der Waals surface area (Å²) in [6.45, 7) is -0.0283. The van der Waals surface area contributed by atoms with Crippen molar-refractivity contribution in [3.8, 4) is 11.1 Å². The second-order valence-electron chi connectivity index (χ2n) is 9.62. The first-order valence-electron chi connectivity index (χ1n) is 13.5. The Hall–Kier alpha value is -4.86. The summed E-state index contributed by atoms with van der Waals surface area (Å²) in [5.74, 6) is -1.97. The van der Waals surface area contributed by atoms with Crippen LogP contribution in [-0.2, 0) is 25.7 Å². The third kappa shape index (κ3) is 8.31. The van der Waals surface area contributed by atoms with E-state index < -0.39 is 36.6 Å². The number of hydrogen-bond acceptors (Lipinski definition) is 6. The van der Waals surface area contributed by atoms with Gasteiger partial charge in [0.15, 0.2) is 0 Å². The SMILES string of the molecule is O=C(O)CNC(=O)[C@H](CCCCNC(=O)OCc1ccccc1)NC(=O)OCC1c2ccccc2-c2ccccc21. The number of hydrogen-bond donors (Lipinski definition) is 4. The Morgan fingerprint density at radius 1 is 0.756 bits per heavy atom. The van der Waals surface area contributed by atoms with Gasteiger partial charge in [0, 0.05) is 12.5 Å². The van der Waals surface area contributed by atoms with E-state index in [1.54, 1.807) is 0 Å². The second-order valence-corrected chi connectivity index (χ2v) is 9.62. The van der Waals surface area contributed by atoms with E-state index in [1.165, 1.54) is 0 Å². The van der Waals surface area contributed by atoms with Crippen LogP contribution in [0.4, 0.5) is 9.59 Å². The maximum absolute atomic E-state index is 12.7. The van der Waals surface area contributed by atoms with Crippen LogP contribution in [0.15, 0.2) is 78.9 Å². The average Bonchev–Trinajstić information content (AvgIpc) is 3.31. The lowest BCUT2D eigenvalue weighted by molar-refractivity contribution is -0.138. The summed E-state index contributed by atoms with van der Waals surface area (Å²) in [6.07, 6.45) is -0.133. The number of unbranched alkanes of at least 4 members (excludes halogenated alkanes) is 1. The minimum Gasteiger partial charge on any atom is -0.480 e. The highest BCUT2D eigenvalue weighted by molar-refractivity contribution is 5.88. The van der Waals surface area contributed by atoms with Crippen LogP contribution < -0.4 is 16.0 Å². The zero-order valence-corrected chi connectivity index (χ0v) is 22.5. The number of aliphatic carboxylic acids is 1. The summed E-state index contributed by atoms with van der Waals surface area (Å²) in [5.41, 5.74) is 5.19. The molecule has 0 unspecified atom stereocenters. The van der Waals surface area contributed by atoms with Gasteiger partial charge in [-0.2, -0.15) is 0 Å². The molecule has 0 heterocycles. The fourth-order valence-corrected chi connectivity index (χ4v) is 4.78. The van der Waals surface area contributed by atoms with Crippen LogP contribution in [0.5, 0.6) is 0 Å². The van der Waals surface area contributed by atoms with E-state index in [0.29, 0.717) is 19.4 Å². The quantitative estimate of drug-likeness (QED) is 0.230. The molecule has 10 nitrogen and oxygen atoms in total. The number of carboxylic acids is 1. The summed E-state index contributed by atoms with van der Waals surface area (Å²) in [6, 6.07) is 24.2. The average molecular weight is 560 g/mol. The minimum absolute atomic E-state index is 0.0817. The summed E-state index contributed by atoms with van der Waals surface area (Å²) in [7, 11) is 0. The van der Waals surface area contributed by atoms with Gasteiger partial charge >= 0.3 is 18.2 Å². The molecule has 10 heteroatoms. The Bertz CT molecular complexity index is 1320. The van der Waals surface area contributed by atoms with Crippen molar-refractivity contribution in [3.63, 3.8) is 0 Å². The van der Waals surface area contributed by atoms with Crippen LogP contribution in [0.25, 0.3) is 11.1 Å². The molecule has 3 aromatic rings. The van der Waals surface area contributed by atoms with E-state index in [-0.39, 0.29) is 25.6 Å². The van der Waals surface area contributed by atoms with Gasteiger partial charge in [-0.05, 0) is 47.1 Å². The van der Waals surface area contributed by atoms with Gasteiger partial charge in [0.1, 0.15) is 25.8 Å². The van der Waals surface area contributed by atoms with Crippen LogP contribution in [0.1, 0.15) is 41.9 Å². The van der Waals surface area contributed by atoms with Gasteiger partial charge in [0.05, 0.1) is 0 Å². The number of ether oxygens (including phenoxy) is 2. The number of carbonyl (C=O) groups is 4. The first kappa shape index (κ1) is 29.1. The maximum Gasteiger partial charge on any atom is 0.407 e. The van der Waals surface area contributed by atoms with Crippen LogP contribution in [0, 0.1) is 0 Å². The Morgan fingerprint density at radius 3 is 2.05 bits per heavy atom. The summed E-state index contributed by atoms with van der Waals surface area (Å²) >= 11 is 0. The molecule has 0 aliphatic heterocycles. The van der Waals surface area contributed by atoms with Gasteiger partial charge in [-0.25, -0.2) is 9.59 Å². The Balaban J connectivity index is 1.25. The number of rotatable bonds is 13. The van der Waals surface area contributed by atoms with E-state index in [2.05, 4.69) is 16.0 Å². The predicted molar refractivity (Wildman–Crippen MR) is 151 cm³/mol. The lowest BCUT2D eigenvalue weighted by Crippen LogP contribution is -2.48.